The summed E-state index contributed by atoms with van der Waals surface area (Å²) in [6.45, 7) is 4.07. The average molecular weight is 283 g/mol. The van der Waals surface area contributed by atoms with Crippen molar-refractivity contribution in [2.24, 2.45) is 0 Å². The van der Waals surface area contributed by atoms with Crippen molar-refractivity contribution in [3.63, 3.8) is 0 Å². The van der Waals surface area contributed by atoms with Gasteiger partial charge >= 0.3 is 0 Å². The average Bonchev–Trinajstić information content (AvgIpc) is 2.85. The van der Waals surface area contributed by atoms with Gasteiger partial charge in [0.2, 0.25) is 5.88 Å². The van der Waals surface area contributed by atoms with Crippen molar-refractivity contribution >= 4 is 5.88 Å². The van der Waals surface area contributed by atoms with Gasteiger partial charge in [-0.1, -0.05) is 23.4 Å². The lowest BCUT2D eigenvalue weighted by Crippen LogP contribution is -1.91. The Hall–Kier alpha value is -2.69. The van der Waals surface area contributed by atoms with E-state index in [0.29, 0.717) is 17.0 Å². The van der Waals surface area contributed by atoms with E-state index in [1.807, 2.05) is 32.0 Å². The first kappa shape index (κ1) is 13.3. The molecule has 2 aromatic heterocycles. The van der Waals surface area contributed by atoms with E-state index < -0.39 is 5.82 Å². The summed E-state index contributed by atoms with van der Waals surface area (Å²) in [7, 11) is 0. The number of aryl methyl sites for hydroxylation is 2. The summed E-state index contributed by atoms with van der Waals surface area (Å²) in [5.74, 6) is -0.178. The summed E-state index contributed by atoms with van der Waals surface area (Å²) >= 11 is 0. The Morgan fingerprint density at radius 3 is 2.57 bits per heavy atom. The first-order chi connectivity index (χ1) is 10.1. The molecule has 1 aromatic carbocycles. The third-order valence-corrected chi connectivity index (χ3v) is 3.48. The maximum atomic E-state index is 13.0. The number of hydrogen-bond acceptors (Lipinski definition) is 4. The zero-order valence-electron chi connectivity index (χ0n) is 11.7. The fourth-order valence-corrected chi connectivity index (χ4v) is 2.17. The number of aromatic nitrogens is 2. The number of benzene rings is 1. The molecule has 106 valence electrons. The number of hydrogen-bond donors (Lipinski definition) is 1. The molecule has 0 aliphatic rings. The summed E-state index contributed by atoms with van der Waals surface area (Å²) in [6, 6.07) is 8.87. The van der Waals surface area contributed by atoms with Crippen molar-refractivity contribution in [1.82, 2.24) is 10.1 Å². The van der Waals surface area contributed by atoms with Gasteiger partial charge in [-0.05, 0) is 42.7 Å². The van der Waals surface area contributed by atoms with E-state index in [1.54, 1.807) is 6.07 Å². The maximum Gasteiger partial charge on any atom is 0.230 e. The molecule has 0 saturated carbocycles. The number of rotatable bonds is 2. The largest absolute Gasteiger partial charge is 0.367 e. The van der Waals surface area contributed by atoms with Gasteiger partial charge in [-0.15, -0.1) is 0 Å². The van der Waals surface area contributed by atoms with Crippen LogP contribution in [0.1, 0.15) is 11.1 Å². The quantitative estimate of drug-likeness (QED) is 0.778. The van der Waals surface area contributed by atoms with Crippen LogP contribution in [-0.4, -0.2) is 10.1 Å². The minimum Gasteiger partial charge on any atom is -0.367 e. The molecular formula is C16H14FN3O. The summed E-state index contributed by atoms with van der Waals surface area (Å²) < 4.78 is 18.1. The van der Waals surface area contributed by atoms with Crippen molar-refractivity contribution in [1.29, 1.82) is 0 Å². The third-order valence-electron chi connectivity index (χ3n) is 3.48. The number of nitrogens with zero attached hydrogens (tertiary/aromatic N) is 2. The van der Waals surface area contributed by atoms with Gasteiger partial charge in [0.05, 0.1) is 17.5 Å². The van der Waals surface area contributed by atoms with E-state index in [9.17, 15) is 4.39 Å². The van der Waals surface area contributed by atoms with E-state index >= 15 is 0 Å². The topological polar surface area (TPSA) is 64.9 Å². The van der Waals surface area contributed by atoms with Crippen LogP contribution in [0.4, 0.5) is 10.3 Å². The SMILES string of the molecule is Cc1ccc(-c2c(-c3ccc(F)cn3)noc2N)cc1C. The van der Waals surface area contributed by atoms with Crippen LogP contribution in [0.3, 0.4) is 0 Å². The van der Waals surface area contributed by atoms with Gasteiger partial charge in [0, 0.05) is 0 Å². The highest BCUT2D eigenvalue weighted by Crippen LogP contribution is 2.36. The van der Waals surface area contributed by atoms with Gasteiger partial charge in [-0.3, -0.25) is 4.98 Å². The molecule has 0 fully saturated rings. The number of halogens is 1. The Kier molecular flexibility index (Phi) is 3.17. The third kappa shape index (κ3) is 2.38. The zero-order chi connectivity index (χ0) is 15.0. The highest BCUT2D eigenvalue weighted by molar-refractivity contribution is 5.85. The van der Waals surface area contributed by atoms with Crippen LogP contribution in [-0.2, 0) is 0 Å². The van der Waals surface area contributed by atoms with E-state index in [2.05, 4.69) is 10.1 Å². The predicted octanol–water partition coefficient (Wildman–Crippen LogP) is 3.74. The van der Waals surface area contributed by atoms with Gasteiger partial charge in [0.15, 0.2) is 0 Å². The highest BCUT2D eigenvalue weighted by atomic mass is 19.1. The van der Waals surface area contributed by atoms with Crippen LogP contribution < -0.4 is 5.73 Å². The summed E-state index contributed by atoms with van der Waals surface area (Å²) in [6.07, 6.45) is 1.14. The lowest BCUT2D eigenvalue weighted by molar-refractivity contribution is 0.439. The molecule has 0 bridgehead atoms. The Bertz CT molecular complexity index is 794. The number of anilines is 1. The van der Waals surface area contributed by atoms with Crippen LogP contribution in [0.25, 0.3) is 22.5 Å². The molecule has 3 aromatic rings. The first-order valence-corrected chi connectivity index (χ1v) is 6.51. The van der Waals surface area contributed by atoms with Gasteiger partial charge in [-0.2, -0.15) is 0 Å². The van der Waals surface area contributed by atoms with E-state index in [0.717, 1.165) is 17.3 Å². The lowest BCUT2D eigenvalue weighted by atomic mass is 9.99. The zero-order valence-corrected chi connectivity index (χ0v) is 11.7. The second-order valence-electron chi connectivity index (χ2n) is 4.93. The summed E-state index contributed by atoms with van der Waals surface area (Å²) in [5.41, 5.74) is 10.8. The Labute approximate surface area is 121 Å². The molecule has 0 amide bonds. The molecule has 0 aliphatic carbocycles. The van der Waals surface area contributed by atoms with Gasteiger partial charge in [0.1, 0.15) is 11.5 Å². The smallest absolute Gasteiger partial charge is 0.230 e. The molecule has 5 heteroatoms. The molecule has 0 aliphatic heterocycles. The molecule has 0 spiro atoms. The van der Waals surface area contributed by atoms with Crippen molar-refractivity contribution in [3.05, 3.63) is 53.5 Å². The molecule has 3 rings (SSSR count). The fraction of sp³-hybridized carbons (Fsp3) is 0.125. The molecule has 0 radical (unpaired) electrons. The number of nitrogen functional groups attached to an aromatic ring is 1. The Morgan fingerprint density at radius 2 is 1.90 bits per heavy atom. The second kappa shape index (κ2) is 5.01. The highest BCUT2D eigenvalue weighted by Gasteiger charge is 2.18. The maximum absolute atomic E-state index is 13.0. The Balaban J connectivity index is 2.16. The molecule has 0 unspecified atom stereocenters. The summed E-state index contributed by atoms with van der Waals surface area (Å²) in [5, 5.41) is 3.96. The number of nitrogens with two attached hydrogens (primary N) is 1. The van der Waals surface area contributed by atoms with Crippen LogP contribution in [0, 0.1) is 19.7 Å². The summed E-state index contributed by atoms with van der Waals surface area (Å²) in [4.78, 5) is 4.03. The fourth-order valence-electron chi connectivity index (χ4n) is 2.17. The van der Waals surface area contributed by atoms with Crippen molar-refractivity contribution < 1.29 is 8.91 Å². The molecule has 4 nitrogen and oxygen atoms in total. The van der Waals surface area contributed by atoms with E-state index in [-0.39, 0.29) is 5.88 Å². The van der Waals surface area contributed by atoms with Crippen molar-refractivity contribution in [3.8, 4) is 22.5 Å². The second-order valence-corrected chi connectivity index (χ2v) is 4.93. The molecule has 2 N–H and O–H groups in total. The van der Waals surface area contributed by atoms with Crippen molar-refractivity contribution in [2.45, 2.75) is 13.8 Å². The van der Waals surface area contributed by atoms with Gasteiger partial charge in [-0.25, -0.2) is 4.39 Å². The molecule has 2 heterocycles. The predicted molar refractivity (Wildman–Crippen MR) is 79.0 cm³/mol. The van der Waals surface area contributed by atoms with Gasteiger partial charge < -0.3 is 10.3 Å². The van der Waals surface area contributed by atoms with E-state index in [4.69, 9.17) is 10.3 Å². The lowest BCUT2D eigenvalue weighted by Gasteiger charge is -2.05. The van der Waals surface area contributed by atoms with Crippen LogP contribution in [0.2, 0.25) is 0 Å². The minimum absolute atomic E-state index is 0.222. The van der Waals surface area contributed by atoms with Crippen molar-refractivity contribution in [2.75, 3.05) is 5.73 Å². The van der Waals surface area contributed by atoms with Crippen LogP contribution in [0.5, 0.6) is 0 Å². The molecular weight excluding hydrogens is 269 g/mol. The molecule has 21 heavy (non-hydrogen) atoms. The number of pyridine rings is 1. The molecule has 0 atom stereocenters. The minimum atomic E-state index is -0.400. The normalized spacial score (nSPS) is 10.8. The van der Waals surface area contributed by atoms with Gasteiger partial charge in [0.25, 0.3) is 0 Å². The monoisotopic (exact) mass is 283 g/mol. The molecule has 0 saturated heterocycles. The van der Waals surface area contributed by atoms with Crippen LogP contribution in [0.15, 0.2) is 41.1 Å². The Morgan fingerprint density at radius 1 is 1.10 bits per heavy atom. The van der Waals surface area contributed by atoms with E-state index in [1.165, 1.54) is 11.6 Å². The van der Waals surface area contributed by atoms with Crippen LogP contribution >= 0.6 is 0 Å². The standard InChI is InChI=1S/C16H14FN3O/c1-9-3-4-11(7-10(9)2)14-15(20-21-16(14)18)13-6-5-12(17)8-19-13/h3-8H,18H2,1-2H3. The first-order valence-electron chi connectivity index (χ1n) is 6.51.